The van der Waals surface area contributed by atoms with Crippen molar-refractivity contribution in [1.82, 2.24) is 0 Å². The molecule has 0 nitrogen and oxygen atoms in total. The van der Waals surface area contributed by atoms with E-state index in [0.29, 0.717) is 0 Å². The zero-order valence-corrected chi connectivity index (χ0v) is 29.8. The van der Waals surface area contributed by atoms with Gasteiger partial charge in [0.1, 0.15) is 0 Å². The second-order valence-electron chi connectivity index (χ2n) is 11.1. The van der Waals surface area contributed by atoms with Gasteiger partial charge in [0.2, 0.25) is 0 Å². The Balaban J connectivity index is 0.000000688. The quantitative estimate of drug-likeness (QED) is 0.124. The van der Waals surface area contributed by atoms with Gasteiger partial charge in [0.25, 0.3) is 0 Å². The second kappa shape index (κ2) is 20.7. The Labute approximate surface area is 269 Å². The minimum absolute atomic E-state index is 0. The Morgan fingerprint density at radius 3 is 1.36 bits per heavy atom. The third-order valence-electron chi connectivity index (χ3n) is 6.67. The van der Waals surface area contributed by atoms with E-state index in [4.69, 9.17) is 0 Å². The molecule has 4 rings (SSSR count). The minimum atomic E-state index is 0. The van der Waals surface area contributed by atoms with Crippen molar-refractivity contribution in [3.05, 3.63) is 72.8 Å². The average Bonchev–Trinajstić information content (AvgIpc) is 3.48. The molecule has 0 radical (unpaired) electrons. The van der Waals surface area contributed by atoms with Crippen LogP contribution < -0.4 is 35.4 Å². The summed E-state index contributed by atoms with van der Waals surface area (Å²) in [6, 6.07) is 27.2. The van der Waals surface area contributed by atoms with Crippen LogP contribution in [-0.4, -0.2) is 24.6 Å². The Kier molecular flexibility index (Phi) is 20.6. The third kappa shape index (κ3) is 12.7. The van der Waals surface area contributed by atoms with E-state index in [0.717, 1.165) is 11.8 Å². The molecule has 0 unspecified atom stereocenters. The Hall–Kier alpha value is -0.186. The van der Waals surface area contributed by atoms with Gasteiger partial charge in [-0.05, 0) is 49.3 Å². The number of hydrogen-bond acceptors (Lipinski definition) is 0. The van der Waals surface area contributed by atoms with Crippen LogP contribution in [0.15, 0.2) is 72.8 Å². The van der Waals surface area contributed by atoms with Crippen LogP contribution in [0, 0.1) is 11.8 Å². The van der Waals surface area contributed by atoms with Crippen LogP contribution in [0.1, 0.15) is 67.2 Å². The summed E-state index contributed by atoms with van der Waals surface area (Å²) in [7, 11) is 0.104. The predicted octanol–water partition coefficient (Wildman–Crippen LogP) is 4.25. The van der Waals surface area contributed by atoms with Crippen LogP contribution in [0.4, 0.5) is 0 Å². The first-order chi connectivity index (χ1) is 17.4. The van der Waals surface area contributed by atoms with Gasteiger partial charge in [0.15, 0.2) is 0 Å². The van der Waals surface area contributed by atoms with Crippen LogP contribution in [0.2, 0.25) is 0 Å². The number of halogens is 2. The fourth-order valence-corrected chi connectivity index (χ4v) is 10.6. The number of hydrogen-bond donors (Lipinski definition) is 0. The summed E-state index contributed by atoms with van der Waals surface area (Å²) in [4.78, 5) is 0. The largest absolute Gasteiger partial charge is 4.00 e. The van der Waals surface area contributed by atoms with E-state index < -0.39 is 0 Å². The fraction of sp³-hybridized carbons (Fsp3) is 0.471. The zero-order valence-electron chi connectivity index (χ0n) is 24.9. The maximum absolute atomic E-state index is 2.44. The van der Waals surface area contributed by atoms with E-state index in [1.54, 1.807) is 10.6 Å². The first-order valence-corrected chi connectivity index (χ1v) is 17.6. The van der Waals surface area contributed by atoms with Crippen LogP contribution in [0.5, 0.6) is 0 Å². The molecule has 0 aliphatic rings. The van der Waals surface area contributed by atoms with Crippen molar-refractivity contribution in [3.8, 4) is 0 Å². The standard InChI is InChI=1S/2C17H24P.2ClH.Ti/c1-13(2)11-18(12-14(3)4)17-9-15-7-5-6-8-16(15)10-17;1-3-5-11-18(12-6-4-2)17-13-15-9-7-8-10-16(15)14-17;;;/h5-10,13-14H,11-12H2,1-4H3;7-10,13-14H,3-6,11-12H2,1-2H3;2*1H;/q2*-1;;;+4/p-2. The smallest absolute Gasteiger partial charge is 1.00 e. The molecule has 0 saturated carbocycles. The molecule has 0 heterocycles. The van der Waals surface area contributed by atoms with E-state index >= 15 is 0 Å². The van der Waals surface area contributed by atoms with E-state index in [9.17, 15) is 0 Å². The van der Waals surface area contributed by atoms with Crippen molar-refractivity contribution >= 4 is 48.0 Å². The summed E-state index contributed by atoms with van der Waals surface area (Å²) in [6.07, 6.45) is 11.0. The van der Waals surface area contributed by atoms with Crippen molar-refractivity contribution in [2.24, 2.45) is 11.8 Å². The summed E-state index contributed by atoms with van der Waals surface area (Å²) in [5, 5.41) is 8.91. The molecule has 4 aromatic rings. The second-order valence-corrected chi connectivity index (χ2v) is 15.9. The first kappa shape index (κ1) is 38.8. The zero-order chi connectivity index (χ0) is 25.9. The van der Waals surface area contributed by atoms with Gasteiger partial charge in [-0.1, -0.05) is 82.4 Å². The maximum atomic E-state index is 2.44. The van der Waals surface area contributed by atoms with Gasteiger partial charge in [0, 0.05) is 0 Å². The van der Waals surface area contributed by atoms with Crippen LogP contribution in [-0.2, 0) is 21.7 Å². The van der Waals surface area contributed by atoms with Gasteiger partial charge in [-0.3, -0.25) is 0 Å². The van der Waals surface area contributed by atoms with E-state index in [-0.39, 0.29) is 62.4 Å². The molecule has 0 aromatic heterocycles. The minimum Gasteiger partial charge on any atom is -1.00 e. The molecule has 0 aliphatic heterocycles. The number of benzene rings is 2. The van der Waals surface area contributed by atoms with Crippen molar-refractivity contribution in [2.75, 3.05) is 24.6 Å². The monoisotopic (exact) mass is 636 g/mol. The Morgan fingerprint density at radius 2 is 1.00 bits per heavy atom. The van der Waals surface area contributed by atoms with E-state index in [2.05, 4.69) is 114 Å². The molecule has 0 amide bonds. The molecular formula is C34H48Cl2P2Ti. The van der Waals surface area contributed by atoms with Gasteiger partial charge >= 0.3 is 21.7 Å². The van der Waals surface area contributed by atoms with Gasteiger partial charge in [-0.2, -0.15) is 12.1 Å². The Bertz CT molecular complexity index is 1080. The van der Waals surface area contributed by atoms with Gasteiger partial charge < -0.3 is 24.8 Å². The van der Waals surface area contributed by atoms with Crippen molar-refractivity contribution < 1.29 is 46.5 Å². The molecule has 0 bridgehead atoms. The fourth-order valence-electron chi connectivity index (χ4n) is 4.87. The SMILES string of the molecule is CC(C)CP(CC(C)C)c1cc2ccccc2[cH-]1.CCCCP(CCCC)c1cc2ccccc2[cH-]1.[Cl-].[Cl-].[Ti+4]. The maximum Gasteiger partial charge on any atom is 4.00 e. The van der Waals surface area contributed by atoms with E-state index in [1.807, 2.05) is 0 Å². The first-order valence-electron chi connectivity index (χ1n) is 14.2. The average molecular weight is 637 g/mol. The van der Waals surface area contributed by atoms with Crippen molar-refractivity contribution in [1.29, 1.82) is 0 Å². The summed E-state index contributed by atoms with van der Waals surface area (Å²) in [5.41, 5.74) is 0. The third-order valence-corrected chi connectivity index (χ3v) is 12.7. The van der Waals surface area contributed by atoms with Gasteiger partial charge in [-0.15, -0.1) is 80.7 Å². The summed E-state index contributed by atoms with van der Waals surface area (Å²) in [5.74, 6) is 1.60. The molecule has 0 N–H and O–H groups in total. The summed E-state index contributed by atoms with van der Waals surface area (Å²) >= 11 is 0. The molecule has 0 saturated heterocycles. The molecule has 4 aromatic carbocycles. The van der Waals surface area contributed by atoms with Crippen LogP contribution in [0.25, 0.3) is 21.5 Å². The molecular weight excluding hydrogens is 589 g/mol. The molecule has 212 valence electrons. The van der Waals surface area contributed by atoms with Gasteiger partial charge in [-0.25, -0.2) is 0 Å². The number of fused-ring (bicyclic) bond motifs is 2. The molecule has 39 heavy (non-hydrogen) atoms. The molecule has 0 atom stereocenters. The van der Waals surface area contributed by atoms with Crippen molar-refractivity contribution in [2.45, 2.75) is 67.2 Å². The van der Waals surface area contributed by atoms with Crippen LogP contribution >= 0.6 is 15.8 Å². The molecule has 0 fully saturated rings. The molecule has 5 heteroatoms. The molecule has 0 spiro atoms. The molecule has 0 aliphatic carbocycles. The topological polar surface area (TPSA) is 0 Å². The normalized spacial score (nSPS) is 10.9. The van der Waals surface area contributed by atoms with Crippen LogP contribution in [0.3, 0.4) is 0 Å². The number of rotatable bonds is 12. The van der Waals surface area contributed by atoms with Gasteiger partial charge in [0.05, 0.1) is 0 Å². The van der Waals surface area contributed by atoms with E-state index in [1.165, 1.54) is 71.9 Å². The summed E-state index contributed by atoms with van der Waals surface area (Å²) in [6.45, 7) is 14.0. The Morgan fingerprint density at radius 1 is 0.615 bits per heavy atom. The van der Waals surface area contributed by atoms with Crippen molar-refractivity contribution in [3.63, 3.8) is 0 Å². The predicted molar refractivity (Wildman–Crippen MR) is 171 cm³/mol. The number of unbranched alkanes of at least 4 members (excludes halogenated alkanes) is 2. The summed E-state index contributed by atoms with van der Waals surface area (Å²) < 4.78 is 0.